The first-order chi connectivity index (χ1) is 13.0. The lowest BCUT2D eigenvalue weighted by Crippen LogP contribution is -2.54. The fourth-order valence-electron chi connectivity index (χ4n) is 2.34. The van der Waals surface area contributed by atoms with Crippen molar-refractivity contribution < 1.29 is 19.1 Å². The third-order valence-corrected chi connectivity index (χ3v) is 3.67. The Morgan fingerprint density at radius 3 is 2.18 bits per heavy atom. The molecule has 0 unspecified atom stereocenters. The molecule has 0 aromatic heterocycles. The lowest BCUT2D eigenvalue weighted by Gasteiger charge is -2.29. The average Bonchev–Trinajstić information content (AvgIpc) is 2.54. The van der Waals surface area contributed by atoms with Gasteiger partial charge in [-0.2, -0.15) is 0 Å². The normalized spacial score (nSPS) is 12.3. The van der Waals surface area contributed by atoms with Gasteiger partial charge in [0.25, 0.3) is 0 Å². The summed E-state index contributed by atoms with van der Waals surface area (Å²) in [4.78, 5) is 27.4. The van der Waals surface area contributed by atoms with Crippen LogP contribution in [0.1, 0.15) is 73.6 Å². The van der Waals surface area contributed by atoms with Gasteiger partial charge in [-0.15, -0.1) is 0 Å². The minimum absolute atomic E-state index is 0.118. The number of hydrogen-bond donors (Lipinski definition) is 3. The number of unbranched alkanes of at least 4 members (excludes halogenated alkanes) is 3. The number of aliphatic imine (C=N–C) groups is 1. The van der Waals surface area contributed by atoms with Gasteiger partial charge in [-0.3, -0.25) is 9.79 Å². The van der Waals surface area contributed by atoms with Crippen LogP contribution in [0.15, 0.2) is 4.99 Å². The molecule has 0 aliphatic carbocycles. The third-order valence-electron chi connectivity index (χ3n) is 3.67. The van der Waals surface area contributed by atoms with Gasteiger partial charge in [-0.25, -0.2) is 4.79 Å². The van der Waals surface area contributed by atoms with Gasteiger partial charge in [0, 0.05) is 26.6 Å². The second-order valence-corrected chi connectivity index (χ2v) is 8.33. The molecule has 0 saturated heterocycles. The van der Waals surface area contributed by atoms with Crippen molar-refractivity contribution in [1.82, 2.24) is 16.0 Å². The van der Waals surface area contributed by atoms with Crippen molar-refractivity contribution in [2.24, 2.45) is 4.99 Å². The highest BCUT2D eigenvalue weighted by Gasteiger charge is 2.24. The first-order valence-corrected chi connectivity index (χ1v) is 10.1. The molecule has 1 amide bonds. The van der Waals surface area contributed by atoms with Crippen LogP contribution in [0.3, 0.4) is 0 Å². The number of carbonyl (C=O) groups excluding carboxylic acids is 2. The van der Waals surface area contributed by atoms with Crippen LogP contribution >= 0.6 is 0 Å². The maximum absolute atomic E-state index is 11.9. The van der Waals surface area contributed by atoms with E-state index in [0.29, 0.717) is 25.5 Å². The Kier molecular flexibility index (Phi) is 12.3. The monoisotopic (exact) mass is 400 g/mol. The van der Waals surface area contributed by atoms with Gasteiger partial charge in [0.1, 0.15) is 5.60 Å². The lowest BCUT2D eigenvalue weighted by molar-refractivity contribution is -0.143. The van der Waals surface area contributed by atoms with Gasteiger partial charge in [0.05, 0.1) is 12.1 Å². The lowest BCUT2D eigenvalue weighted by atomic mass is 10.1. The summed E-state index contributed by atoms with van der Waals surface area (Å²) in [6, 6.07) is 0. The molecule has 0 saturated carbocycles. The molecule has 0 heterocycles. The molecule has 164 valence electrons. The highest BCUT2D eigenvalue weighted by atomic mass is 16.6. The van der Waals surface area contributed by atoms with Crippen molar-refractivity contribution in [1.29, 1.82) is 0 Å². The molecule has 8 heteroatoms. The van der Waals surface area contributed by atoms with E-state index in [1.54, 1.807) is 7.05 Å². The van der Waals surface area contributed by atoms with E-state index in [-0.39, 0.29) is 5.97 Å². The maximum atomic E-state index is 11.9. The van der Waals surface area contributed by atoms with E-state index in [1.165, 1.54) is 0 Å². The molecule has 28 heavy (non-hydrogen) atoms. The first-order valence-electron chi connectivity index (χ1n) is 10.1. The molecule has 0 radical (unpaired) electrons. The molecule has 0 spiro atoms. The van der Waals surface area contributed by atoms with Gasteiger partial charge < -0.3 is 25.4 Å². The number of ether oxygens (including phenoxy) is 2. The summed E-state index contributed by atoms with van der Waals surface area (Å²) >= 11 is 0. The number of esters is 1. The van der Waals surface area contributed by atoms with Crippen LogP contribution in [-0.2, 0) is 14.3 Å². The molecule has 0 rings (SSSR count). The summed E-state index contributed by atoms with van der Waals surface area (Å²) in [6.45, 7) is 12.9. The number of guanidine groups is 1. The zero-order valence-electron chi connectivity index (χ0n) is 18.7. The Hall–Kier alpha value is -1.99. The number of carbonyl (C=O) groups is 2. The number of hydrogen-bond acceptors (Lipinski definition) is 5. The quantitative estimate of drug-likeness (QED) is 0.213. The van der Waals surface area contributed by atoms with Crippen molar-refractivity contribution in [2.75, 3.05) is 26.7 Å². The van der Waals surface area contributed by atoms with Crippen molar-refractivity contribution in [3.8, 4) is 0 Å². The van der Waals surface area contributed by atoms with E-state index in [2.05, 4.69) is 20.9 Å². The van der Waals surface area contributed by atoms with Gasteiger partial charge in [0.2, 0.25) is 0 Å². The molecule has 8 nitrogen and oxygen atoms in total. The molecule has 0 aliphatic heterocycles. The first kappa shape index (κ1) is 26.0. The van der Waals surface area contributed by atoms with Crippen LogP contribution in [0.2, 0.25) is 0 Å². The number of rotatable bonds is 11. The Morgan fingerprint density at radius 1 is 0.964 bits per heavy atom. The number of alkyl carbamates (subject to hydrolysis) is 1. The maximum Gasteiger partial charge on any atom is 0.408 e. The highest BCUT2D eigenvalue weighted by Crippen LogP contribution is 2.09. The molecule has 0 bridgehead atoms. The Bertz CT molecular complexity index is 499. The minimum atomic E-state index is -0.526. The van der Waals surface area contributed by atoms with E-state index in [4.69, 9.17) is 9.47 Å². The average molecular weight is 401 g/mol. The molecule has 0 atom stereocenters. The number of nitrogens with one attached hydrogen (secondary N) is 3. The van der Waals surface area contributed by atoms with Crippen molar-refractivity contribution in [3.05, 3.63) is 0 Å². The topological polar surface area (TPSA) is 101 Å². The molecular formula is C20H40N4O4. The number of nitrogens with zero attached hydrogens (tertiary/aromatic N) is 1. The molecule has 0 aliphatic rings. The van der Waals surface area contributed by atoms with Gasteiger partial charge in [-0.1, -0.05) is 12.8 Å². The molecule has 0 aromatic carbocycles. The second kappa shape index (κ2) is 13.2. The van der Waals surface area contributed by atoms with Crippen LogP contribution in [0, 0.1) is 0 Å². The van der Waals surface area contributed by atoms with Gasteiger partial charge in [0.15, 0.2) is 5.96 Å². The predicted molar refractivity (Wildman–Crippen MR) is 113 cm³/mol. The van der Waals surface area contributed by atoms with E-state index in [1.807, 2.05) is 41.5 Å². The van der Waals surface area contributed by atoms with Gasteiger partial charge in [-0.05, 0) is 54.4 Å². The predicted octanol–water partition coefficient (Wildman–Crippen LogP) is 2.97. The van der Waals surface area contributed by atoms with Crippen molar-refractivity contribution >= 4 is 18.0 Å². The van der Waals surface area contributed by atoms with Gasteiger partial charge >= 0.3 is 12.1 Å². The fraction of sp³-hybridized carbons (Fsp3) is 0.850. The van der Waals surface area contributed by atoms with E-state index < -0.39 is 17.2 Å². The summed E-state index contributed by atoms with van der Waals surface area (Å²) in [7, 11) is 1.71. The summed E-state index contributed by atoms with van der Waals surface area (Å²) in [6.07, 6.45) is 3.93. The van der Waals surface area contributed by atoms with Crippen LogP contribution in [-0.4, -0.2) is 55.9 Å². The van der Waals surface area contributed by atoms with Crippen molar-refractivity contribution in [3.63, 3.8) is 0 Å². The summed E-state index contributed by atoms with van der Waals surface area (Å²) in [5.41, 5.74) is -1.02. The zero-order chi connectivity index (χ0) is 21.6. The Labute approximate surface area is 170 Å². The number of amides is 1. The van der Waals surface area contributed by atoms with Crippen molar-refractivity contribution in [2.45, 2.75) is 84.8 Å². The molecule has 0 fully saturated rings. The SMILES string of the molecule is CCOC(=O)CCCCCCNC(=NC)NCC(C)(C)NC(=O)OC(C)(C)C. The van der Waals surface area contributed by atoms with E-state index in [0.717, 1.165) is 32.2 Å². The van der Waals surface area contributed by atoms with Crippen LogP contribution in [0.5, 0.6) is 0 Å². The summed E-state index contributed by atoms with van der Waals surface area (Å²) < 4.78 is 10.2. The molecule has 0 aromatic rings. The third kappa shape index (κ3) is 15.1. The smallest absolute Gasteiger partial charge is 0.408 e. The van der Waals surface area contributed by atoms with E-state index >= 15 is 0 Å². The molecule has 3 N–H and O–H groups in total. The molecular weight excluding hydrogens is 360 g/mol. The minimum Gasteiger partial charge on any atom is -0.466 e. The van der Waals surface area contributed by atoms with Crippen LogP contribution in [0.25, 0.3) is 0 Å². The fourth-order valence-corrected chi connectivity index (χ4v) is 2.34. The largest absolute Gasteiger partial charge is 0.466 e. The van der Waals surface area contributed by atoms with Crippen LogP contribution in [0.4, 0.5) is 4.79 Å². The van der Waals surface area contributed by atoms with Crippen LogP contribution < -0.4 is 16.0 Å². The van der Waals surface area contributed by atoms with E-state index in [9.17, 15) is 9.59 Å². The Morgan fingerprint density at radius 2 is 1.61 bits per heavy atom. The summed E-state index contributed by atoms with van der Waals surface area (Å²) in [5, 5.41) is 9.33. The highest BCUT2D eigenvalue weighted by molar-refractivity contribution is 5.79. The summed E-state index contributed by atoms with van der Waals surface area (Å²) in [5.74, 6) is 0.568. The Balaban J connectivity index is 3.99. The standard InChI is InChI=1S/C20H40N4O4/c1-8-27-16(25)13-11-9-10-12-14-22-17(21-7)23-15-20(5,6)24-18(26)28-19(2,3)4/h8-15H2,1-7H3,(H,24,26)(H2,21,22,23). The second-order valence-electron chi connectivity index (χ2n) is 8.33. The zero-order valence-corrected chi connectivity index (χ0v) is 18.7.